The molecule has 0 spiro atoms. The van der Waals surface area contributed by atoms with E-state index in [4.69, 9.17) is 4.74 Å². The van der Waals surface area contributed by atoms with Crippen molar-refractivity contribution < 1.29 is 9.53 Å². The van der Waals surface area contributed by atoms with Crippen molar-refractivity contribution >= 4 is 22.4 Å². The van der Waals surface area contributed by atoms with E-state index in [-0.39, 0.29) is 5.91 Å². The van der Waals surface area contributed by atoms with E-state index < -0.39 is 0 Å². The number of hydrogen-bond acceptors (Lipinski definition) is 5. The number of carbonyl (C=O) groups is 1. The van der Waals surface area contributed by atoms with Crippen molar-refractivity contribution in [3.8, 4) is 0 Å². The first-order valence-electron chi connectivity index (χ1n) is 7.30. The van der Waals surface area contributed by atoms with Gasteiger partial charge in [0.25, 0.3) is 5.91 Å². The van der Waals surface area contributed by atoms with Gasteiger partial charge < -0.3 is 14.5 Å². The normalized spacial score (nSPS) is 15.1. The van der Waals surface area contributed by atoms with Crippen molar-refractivity contribution in [1.82, 2.24) is 9.88 Å². The smallest absolute Gasteiger partial charge is 0.254 e. The number of aromatic nitrogens is 1. The van der Waals surface area contributed by atoms with Crippen LogP contribution in [0.15, 0.2) is 35.8 Å². The largest absolute Gasteiger partial charge is 0.380 e. The van der Waals surface area contributed by atoms with Gasteiger partial charge in [-0.3, -0.25) is 4.79 Å². The van der Waals surface area contributed by atoms with E-state index in [9.17, 15) is 4.79 Å². The lowest BCUT2D eigenvalue weighted by Crippen LogP contribution is -2.49. The molecule has 3 rings (SSSR count). The monoisotopic (exact) mass is 317 g/mol. The zero-order chi connectivity index (χ0) is 15.4. The molecular weight excluding hydrogens is 298 g/mol. The molecule has 0 atom stereocenters. The lowest BCUT2D eigenvalue weighted by molar-refractivity contribution is 0.0742. The van der Waals surface area contributed by atoms with Crippen LogP contribution in [0.3, 0.4) is 0 Å². The van der Waals surface area contributed by atoms with Crippen LogP contribution in [-0.2, 0) is 11.3 Å². The van der Waals surface area contributed by atoms with Crippen LogP contribution in [0, 0.1) is 0 Å². The predicted octanol–water partition coefficient (Wildman–Crippen LogP) is 2.25. The maximum absolute atomic E-state index is 12.7. The Kier molecular flexibility index (Phi) is 4.70. The second-order valence-electron chi connectivity index (χ2n) is 5.18. The fraction of sp³-hybridized carbons (Fsp3) is 0.375. The molecule has 0 bridgehead atoms. The molecule has 1 saturated heterocycles. The Morgan fingerprint density at radius 2 is 2.05 bits per heavy atom. The molecule has 1 fully saturated rings. The fourth-order valence-corrected chi connectivity index (χ4v) is 3.35. The maximum atomic E-state index is 12.7. The van der Waals surface area contributed by atoms with Crippen LogP contribution in [0.1, 0.15) is 15.9 Å². The Hall–Kier alpha value is -1.92. The van der Waals surface area contributed by atoms with Gasteiger partial charge in [-0.05, 0) is 11.6 Å². The average Bonchev–Trinajstić information content (AvgIpc) is 3.10. The summed E-state index contributed by atoms with van der Waals surface area (Å²) in [7, 11) is 1.65. The lowest BCUT2D eigenvalue weighted by atomic mass is 10.1. The predicted molar refractivity (Wildman–Crippen MR) is 87.4 cm³/mol. The molecule has 1 aromatic heterocycles. The van der Waals surface area contributed by atoms with Crippen molar-refractivity contribution in [2.75, 3.05) is 38.2 Å². The van der Waals surface area contributed by atoms with Crippen LogP contribution >= 0.6 is 11.3 Å². The van der Waals surface area contributed by atoms with Gasteiger partial charge in [0, 0.05) is 50.4 Å². The van der Waals surface area contributed by atoms with Crippen molar-refractivity contribution in [2.45, 2.75) is 6.61 Å². The van der Waals surface area contributed by atoms with Gasteiger partial charge in [0.1, 0.15) is 0 Å². The van der Waals surface area contributed by atoms with E-state index in [1.165, 1.54) is 0 Å². The third-order valence-electron chi connectivity index (χ3n) is 3.80. The van der Waals surface area contributed by atoms with E-state index in [1.54, 1.807) is 18.4 Å². The van der Waals surface area contributed by atoms with Crippen LogP contribution < -0.4 is 4.90 Å². The fourth-order valence-electron chi connectivity index (χ4n) is 2.65. The summed E-state index contributed by atoms with van der Waals surface area (Å²) < 4.78 is 5.19. The molecule has 6 heteroatoms. The summed E-state index contributed by atoms with van der Waals surface area (Å²) >= 11 is 1.64. The summed E-state index contributed by atoms with van der Waals surface area (Å²) in [4.78, 5) is 21.2. The second kappa shape index (κ2) is 6.89. The summed E-state index contributed by atoms with van der Waals surface area (Å²) in [6.07, 6.45) is 1.82. The van der Waals surface area contributed by atoms with E-state index in [0.717, 1.165) is 42.4 Å². The number of carbonyl (C=O) groups excluding carboxylic acids is 1. The van der Waals surface area contributed by atoms with Crippen LogP contribution in [0.4, 0.5) is 5.13 Å². The number of nitrogens with zero attached hydrogens (tertiary/aromatic N) is 3. The number of thiazole rings is 1. The minimum Gasteiger partial charge on any atom is -0.380 e. The molecule has 0 saturated carbocycles. The van der Waals surface area contributed by atoms with E-state index in [1.807, 2.05) is 40.7 Å². The molecule has 1 amide bonds. The molecular formula is C16H19N3O2S. The molecule has 1 aliphatic heterocycles. The molecule has 1 aliphatic rings. The number of benzene rings is 1. The Morgan fingerprint density at radius 1 is 1.27 bits per heavy atom. The quantitative estimate of drug-likeness (QED) is 0.868. The summed E-state index contributed by atoms with van der Waals surface area (Å²) in [5.41, 5.74) is 1.68. The number of piperazine rings is 1. The third-order valence-corrected chi connectivity index (χ3v) is 4.64. The number of amides is 1. The minimum absolute atomic E-state index is 0.0893. The topological polar surface area (TPSA) is 45.7 Å². The molecule has 2 heterocycles. The SMILES string of the molecule is COCc1ccccc1C(=O)N1CCN(c2nccs2)CC1. The van der Waals surface area contributed by atoms with Gasteiger partial charge >= 0.3 is 0 Å². The first-order valence-corrected chi connectivity index (χ1v) is 8.18. The van der Waals surface area contributed by atoms with Gasteiger partial charge in [-0.25, -0.2) is 4.98 Å². The number of rotatable bonds is 4. The highest BCUT2D eigenvalue weighted by Gasteiger charge is 2.24. The second-order valence-corrected chi connectivity index (χ2v) is 6.06. The summed E-state index contributed by atoms with van der Waals surface area (Å²) in [5, 5.41) is 3.01. The molecule has 0 radical (unpaired) electrons. The van der Waals surface area contributed by atoms with Gasteiger partial charge in [0.05, 0.1) is 6.61 Å². The highest BCUT2D eigenvalue weighted by molar-refractivity contribution is 7.13. The maximum Gasteiger partial charge on any atom is 0.254 e. The molecule has 0 aliphatic carbocycles. The minimum atomic E-state index is 0.0893. The molecule has 0 N–H and O–H groups in total. The Bertz CT molecular complexity index is 622. The van der Waals surface area contributed by atoms with Crippen LogP contribution in [-0.4, -0.2) is 49.1 Å². The Balaban J connectivity index is 1.67. The van der Waals surface area contributed by atoms with Crippen molar-refractivity contribution in [3.05, 3.63) is 47.0 Å². The first kappa shape index (κ1) is 15.0. The lowest BCUT2D eigenvalue weighted by Gasteiger charge is -2.34. The highest BCUT2D eigenvalue weighted by atomic mass is 32.1. The molecule has 1 aromatic carbocycles. The number of anilines is 1. The number of hydrogen-bond donors (Lipinski definition) is 0. The van der Waals surface area contributed by atoms with Crippen LogP contribution in [0.2, 0.25) is 0 Å². The number of methoxy groups -OCH3 is 1. The van der Waals surface area contributed by atoms with Crippen molar-refractivity contribution in [1.29, 1.82) is 0 Å². The molecule has 5 nitrogen and oxygen atoms in total. The van der Waals surface area contributed by atoms with Crippen molar-refractivity contribution in [2.24, 2.45) is 0 Å². The first-order chi connectivity index (χ1) is 10.8. The summed E-state index contributed by atoms with van der Waals surface area (Å²) in [6, 6.07) is 7.66. The van der Waals surface area contributed by atoms with Gasteiger partial charge in [0.2, 0.25) is 0 Å². The van der Waals surface area contributed by atoms with E-state index >= 15 is 0 Å². The average molecular weight is 317 g/mol. The Morgan fingerprint density at radius 3 is 2.73 bits per heavy atom. The van der Waals surface area contributed by atoms with Crippen molar-refractivity contribution in [3.63, 3.8) is 0 Å². The van der Waals surface area contributed by atoms with Gasteiger partial charge in [-0.2, -0.15) is 0 Å². The Labute approximate surface area is 134 Å². The van der Waals surface area contributed by atoms with Gasteiger partial charge in [-0.15, -0.1) is 11.3 Å². The highest BCUT2D eigenvalue weighted by Crippen LogP contribution is 2.20. The van der Waals surface area contributed by atoms with Crippen LogP contribution in [0.25, 0.3) is 0 Å². The molecule has 22 heavy (non-hydrogen) atoms. The molecule has 116 valence electrons. The van der Waals surface area contributed by atoms with E-state index in [2.05, 4.69) is 9.88 Å². The summed E-state index contributed by atoms with van der Waals surface area (Å²) in [6.45, 7) is 3.55. The van der Waals surface area contributed by atoms with E-state index in [0.29, 0.717) is 6.61 Å². The molecule has 0 unspecified atom stereocenters. The zero-order valence-electron chi connectivity index (χ0n) is 12.6. The zero-order valence-corrected chi connectivity index (χ0v) is 13.4. The summed E-state index contributed by atoms with van der Waals surface area (Å²) in [5.74, 6) is 0.0893. The van der Waals surface area contributed by atoms with Gasteiger partial charge in [0.15, 0.2) is 5.13 Å². The van der Waals surface area contributed by atoms with Crippen LogP contribution in [0.5, 0.6) is 0 Å². The van der Waals surface area contributed by atoms with Gasteiger partial charge in [-0.1, -0.05) is 18.2 Å². The standard InChI is InChI=1S/C16H19N3O2S/c1-21-12-13-4-2-3-5-14(13)15(20)18-7-9-19(10-8-18)16-17-6-11-22-16/h2-6,11H,7-10,12H2,1H3. The number of ether oxygens (including phenoxy) is 1. The third kappa shape index (κ3) is 3.13. The molecule has 2 aromatic rings.